The number of ether oxygens (including phenoxy) is 1. The van der Waals surface area contributed by atoms with Crippen molar-refractivity contribution in [3.05, 3.63) is 46.5 Å². The van der Waals surface area contributed by atoms with E-state index in [1.165, 1.54) is 11.3 Å². The Labute approximate surface area is 156 Å². The largest absolute Gasteiger partial charge is 0.381 e. The van der Waals surface area contributed by atoms with Gasteiger partial charge in [0, 0.05) is 30.4 Å². The molecule has 6 nitrogen and oxygen atoms in total. The molecule has 138 valence electrons. The second-order valence-corrected chi connectivity index (χ2v) is 7.50. The van der Waals surface area contributed by atoms with Crippen molar-refractivity contribution < 1.29 is 14.3 Å². The van der Waals surface area contributed by atoms with E-state index in [9.17, 15) is 9.59 Å². The van der Waals surface area contributed by atoms with Crippen LogP contribution in [0, 0.1) is 12.8 Å². The van der Waals surface area contributed by atoms with Crippen LogP contribution in [-0.4, -0.2) is 30.0 Å². The predicted octanol–water partition coefficient (Wildman–Crippen LogP) is 3.09. The number of nitrogens with two attached hydrogens (primary N) is 1. The van der Waals surface area contributed by atoms with Gasteiger partial charge in [-0.05, 0) is 49.3 Å². The van der Waals surface area contributed by atoms with Gasteiger partial charge in [-0.3, -0.25) is 9.59 Å². The van der Waals surface area contributed by atoms with Crippen molar-refractivity contribution in [2.24, 2.45) is 11.7 Å². The van der Waals surface area contributed by atoms with Crippen LogP contribution in [0.25, 0.3) is 0 Å². The Kier molecular flexibility index (Phi) is 6.00. The number of carbonyl (C=O) groups excluding carboxylic acids is 2. The number of amides is 2. The minimum Gasteiger partial charge on any atom is -0.381 e. The summed E-state index contributed by atoms with van der Waals surface area (Å²) in [6, 6.07) is 5.44. The third-order valence-electron chi connectivity index (χ3n) is 4.81. The standard InChI is InChI=1S/C19H23N3O3S/c1-12-10-14(2-3-15(12)17(20)23)16(11-13-4-7-25-8-5-13)18(24)22-19-21-6-9-26-19/h2-3,6,9-10,13,16H,4-5,7-8,11H2,1H3,(H2,20,23)(H,21,22,24). The average Bonchev–Trinajstić information content (AvgIpc) is 3.13. The molecule has 0 aliphatic carbocycles. The molecule has 3 N–H and O–H groups in total. The van der Waals surface area contributed by atoms with Crippen LogP contribution in [0.1, 0.15) is 46.7 Å². The Morgan fingerprint density at radius 3 is 2.77 bits per heavy atom. The number of primary amides is 1. The zero-order chi connectivity index (χ0) is 18.5. The van der Waals surface area contributed by atoms with Crippen LogP contribution in [0.3, 0.4) is 0 Å². The highest BCUT2D eigenvalue weighted by molar-refractivity contribution is 7.13. The number of carbonyl (C=O) groups is 2. The summed E-state index contributed by atoms with van der Waals surface area (Å²) >= 11 is 1.40. The minimum absolute atomic E-state index is 0.0716. The van der Waals surface area contributed by atoms with E-state index >= 15 is 0 Å². The lowest BCUT2D eigenvalue weighted by atomic mass is 9.83. The van der Waals surface area contributed by atoms with Gasteiger partial charge in [0.2, 0.25) is 11.8 Å². The predicted molar refractivity (Wildman–Crippen MR) is 101 cm³/mol. The van der Waals surface area contributed by atoms with E-state index in [2.05, 4.69) is 10.3 Å². The molecule has 0 saturated carbocycles. The van der Waals surface area contributed by atoms with Gasteiger partial charge < -0.3 is 15.8 Å². The van der Waals surface area contributed by atoms with E-state index in [1.54, 1.807) is 12.3 Å². The van der Waals surface area contributed by atoms with Crippen molar-refractivity contribution in [1.82, 2.24) is 4.98 Å². The molecule has 7 heteroatoms. The normalized spacial score (nSPS) is 16.2. The highest BCUT2D eigenvalue weighted by atomic mass is 32.1. The van der Waals surface area contributed by atoms with E-state index in [4.69, 9.17) is 10.5 Å². The first-order valence-corrected chi connectivity index (χ1v) is 9.61. The Balaban J connectivity index is 1.84. The highest BCUT2D eigenvalue weighted by Gasteiger charge is 2.27. The van der Waals surface area contributed by atoms with Crippen molar-refractivity contribution in [2.45, 2.75) is 32.1 Å². The van der Waals surface area contributed by atoms with Gasteiger partial charge in [-0.25, -0.2) is 4.98 Å². The van der Waals surface area contributed by atoms with E-state index in [0.717, 1.165) is 43.6 Å². The lowest BCUT2D eigenvalue weighted by Gasteiger charge is -2.26. The van der Waals surface area contributed by atoms with Gasteiger partial charge in [0.1, 0.15) is 0 Å². The van der Waals surface area contributed by atoms with Crippen molar-refractivity contribution in [2.75, 3.05) is 18.5 Å². The Hall–Kier alpha value is -2.25. The fraction of sp³-hybridized carbons (Fsp3) is 0.421. The van der Waals surface area contributed by atoms with E-state index in [0.29, 0.717) is 16.6 Å². The molecular weight excluding hydrogens is 350 g/mol. The Bertz CT molecular complexity index is 770. The number of hydrogen-bond acceptors (Lipinski definition) is 5. The Morgan fingerprint density at radius 1 is 1.38 bits per heavy atom. The summed E-state index contributed by atoms with van der Waals surface area (Å²) in [5, 5.41) is 5.34. The summed E-state index contributed by atoms with van der Waals surface area (Å²) < 4.78 is 5.43. The maximum atomic E-state index is 12.9. The van der Waals surface area contributed by atoms with Crippen molar-refractivity contribution in [3.63, 3.8) is 0 Å². The lowest BCUT2D eigenvalue weighted by molar-refractivity contribution is -0.118. The molecular formula is C19H23N3O3S. The third-order valence-corrected chi connectivity index (χ3v) is 5.50. The van der Waals surface area contributed by atoms with E-state index in [1.807, 2.05) is 24.4 Å². The van der Waals surface area contributed by atoms with Gasteiger partial charge in [-0.2, -0.15) is 0 Å². The Morgan fingerprint density at radius 2 is 2.15 bits per heavy atom. The molecule has 1 unspecified atom stereocenters. The van der Waals surface area contributed by atoms with Crippen LogP contribution < -0.4 is 11.1 Å². The number of thiazole rings is 1. The summed E-state index contributed by atoms with van der Waals surface area (Å²) in [5.74, 6) is -0.394. The summed E-state index contributed by atoms with van der Waals surface area (Å²) in [4.78, 5) is 28.6. The molecule has 1 aromatic carbocycles. The third kappa shape index (κ3) is 4.47. The monoisotopic (exact) mass is 373 g/mol. The van der Waals surface area contributed by atoms with Gasteiger partial charge in [0.25, 0.3) is 0 Å². The molecule has 1 aromatic heterocycles. The molecule has 0 bridgehead atoms. The van der Waals surface area contributed by atoms with Crippen LogP contribution in [0.4, 0.5) is 5.13 Å². The molecule has 1 saturated heterocycles. The molecule has 2 amide bonds. The van der Waals surface area contributed by atoms with Crippen molar-refractivity contribution in [3.8, 4) is 0 Å². The molecule has 2 aromatic rings. The molecule has 0 radical (unpaired) electrons. The lowest BCUT2D eigenvalue weighted by Crippen LogP contribution is -2.26. The van der Waals surface area contributed by atoms with Crippen LogP contribution >= 0.6 is 11.3 Å². The maximum Gasteiger partial charge on any atom is 0.248 e. The number of hydrogen-bond donors (Lipinski definition) is 2. The summed E-state index contributed by atoms with van der Waals surface area (Å²) in [5.41, 5.74) is 7.57. The fourth-order valence-corrected chi connectivity index (χ4v) is 3.90. The van der Waals surface area contributed by atoms with Crippen molar-refractivity contribution >= 4 is 28.3 Å². The summed E-state index contributed by atoms with van der Waals surface area (Å²) in [7, 11) is 0. The maximum absolute atomic E-state index is 12.9. The zero-order valence-corrected chi connectivity index (χ0v) is 15.6. The molecule has 0 spiro atoms. The highest BCUT2D eigenvalue weighted by Crippen LogP contribution is 2.31. The first-order valence-electron chi connectivity index (χ1n) is 8.73. The van der Waals surface area contributed by atoms with Crippen LogP contribution in [0.5, 0.6) is 0 Å². The molecule has 1 atom stereocenters. The minimum atomic E-state index is -0.456. The molecule has 1 aliphatic rings. The first kappa shape index (κ1) is 18.5. The average molecular weight is 373 g/mol. The second-order valence-electron chi connectivity index (χ2n) is 6.61. The molecule has 1 fully saturated rings. The second kappa shape index (κ2) is 8.42. The number of benzene rings is 1. The fourth-order valence-electron chi connectivity index (χ4n) is 3.37. The van der Waals surface area contributed by atoms with Crippen LogP contribution in [-0.2, 0) is 9.53 Å². The molecule has 2 heterocycles. The molecule has 26 heavy (non-hydrogen) atoms. The quantitative estimate of drug-likeness (QED) is 0.813. The van der Waals surface area contributed by atoms with E-state index < -0.39 is 5.91 Å². The van der Waals surface area contributed by atoms with Gasteiger partial charge in [-0.15, -0.1) is 11.3 Å². The number of aromatic nitrogens is 1. The smallest absolute Gasteiger partial charge is 0.248 e. The topological polar surface area (TPSA) is 94.3 Å². The number of aryl methyl sites for hydroxylation is 1. The zero-order valence-electron chi connectivity index (χ0n) is 14.7. The summed E-state index contributed by atoms with van der Waals surface area (Å²) in [6.45, 7) is 3.32. The summed E-state index contributed by atoms with van der Waals surface area (Å²) in [6.07, 6.45) is 4.33. The van der Waals surface area contributed by atoms with Gasteiger partial charge in [0.15, 0.2) is 5.13 Å². The number of nitrogens with zero attached hydrogens (tertiary/aromatic N) is 1. The van der Waals surface area contributed by atoms with Crippen LogP contribution in [0.2, 0.25) is 0 Å². The van der Waals surface area contributed by atoms with Crippen LogP contribution in [0.15, 0.2) is 29.8 Å². The molecule has 1 aliphatic heterocycles. The van der Waals surface area contributed by atoms with E-state index in [-0.39, 0.29) is 11.8 Å². The van der Waals surface area contributed by atoms with Gasteiger partial charge >= 0.3 is 0 Å². The number of nitrogens with one attached hydrogen (secondary N) is 1. The number of rotatable bonds is 6. The SMILES string of the molecule is Cc1cc(C(CC2CCOCC2)C(=O)Nc2nccs2)ccc1C(N)=O. The molecule has 3 rings (SSSR count). The van der Waals surface area contributed by atoms with Gasteiger partial charge in [0.05, 0.1) is 5.92 Å². The van der Waals surface area contributed by atoms with Gasteiger partial charge in [-0.1, -0.05) is 12.1 Å². The van der Waals surface area contributed by atoms with Crippen molar-refractivity contribution in [1.29, 1.82) is 0 Å². The first-order chi connectivity index (χ1) is 12.5. The number of anilines is 1.